The predicted molar refractivity (Wildman–Crippen MR) is 114 cm³/mol. The molecule has 1 aromatic heterocycles. The summed E-state index contributed by atoms with van der Waals surface area (Å²) in [6.07, 6.45) is 5.88. The number of benzene rings is 1. The highest BCUT2D eigenvalue weighted by Gasteiger charge is 2.45. The Labute approximate surface area is 177 Å². The highest BCUT2D eigenvalue weighted by atomic mass is 16.5. The molecule has 0 spiro atoms. The van der Waals surface area contributed by atoms with Gasteiger partial charge in [-0.25, -0.2) is 0 Å². The van der Waals surface area contributed by atoms with E-state index in [0.717, 1.165) is 42.7 Å². The van der Waals surface area contributed by atoms with Gasteiger partial charge in [0.05, 0.1) is 18.9 Å². The number of amides is 2. The summed E-state index contributed by atoms with van der Waals surface area (Å²) in [5, 5.41) is 0. The zero-order valence-corrected chi connectivity index (χ0v) is 17.5. The average molecular weight is 408 g/mol. The molecule has 6 heteroatoms. The number of ether oxygens (including phenoxy) is 1. The number of aromatic nitrogens is 1. The van der Waals surface area contributed by atoms with Crippen molar-refractivity contribution in [2.45, 2.75) is 37.5 Å². The van der Waals surface area contributed by atoms with Gasteiger partial charge in [-0.3, -0.25) is 14.6 Å². The van der Waals surface area contributed by atoms with Crippen molar-refractivity contribution in [2.24, 2.45) is 0 Å². The van der Waals surface area contributed by atoms with Gasteiger partial charge in [-0.1, -0.05) is 31.0 Å². The first-order chi connectivity index (χ1) is 14.6. The van der Waals surface area contributed by atoms with E-state index < -0.39 is 5.41 Å². The Bertz CT molecular complexity index is 886. The van der Waals surface area contributed by atoms with Crippen molar-refractivity contribution in [1.82, 2.24) is 14.8 Å². The Balaban J connectivity index is 1.43. The molecule has 0 bridgehead atoms. The van der Waals surface area contributed by atoms with Crippen LogP contribution in [0.1, 0.15) is 36.9 Å². The van der Waals surface area contributed by atoms with Crippen LogP contribution in [0.4, 0.5) is 0 Å². The molecule has 0 N–H and O–H groups in total. The number of nitrogens with zero attached hydrogens (tertiary/aromatic N) is 3. The molecule has 2 fully saturated rings. The van der Waals surface area contributed by atoms with Crippen molar-refractivity contribution in [3.8, 4) is 5.75 Å². The minimum absolute atomic E-state index is 0.0733. The zero-order chi connectivity index (χ0) is 21.0. The summed E-state index contributed by atoms with van der Waals surface area (Å²) in [6, 6.07) is 13.6. The van der Waals surface area contributed by atoms with Crippen LogP contribution in [0, 0.1) is 0 Å². The topological polar surface area (TPSA) is 62.7 Å². The maximum Gasteiger partial charge on any atom is 0.233 e. The molecule has 1 saturated heterocycles. The van der Waals surface area contributed by atoms with E-state index >= 15 is 0 Å². The van der Waals surface area contributed by atoms with Crippen molar-refractivity contribution in [3.63, 3.8) is 0 Å². The SMILES string of the molecule is COc1cccc(C2(C(=O)N3CCN(C(=O)Cc4ccccn4)CC3)CCCC2)c1. The van der Waals surface area contributed by atoms with E-state index in [1.165, 1.54) is 0 Å². The van der Waals surface area contributed by atoms with Gasteiger partial charge in [0.25, 0.3) is 0 Å². The second-order valence-corrected chi connectivity index (χ2v) is 8.19. The molecule has 0 radical (unpaired) electrons. The highest BCUT2D eigenvalue weighted by molar-refractivity contribution is 5.89. The second kappa shape index (κ2) is 8.86. The van der Waals surface area contributed by atoms with Crippen LogP contribution in [0.25, 0.3) is 0 Å². The van der Waals surface area contributed by atoms with Crippen molar-refractivity contribution in [2.75, 3.05) is 33.3 Å². The fourth-order valence-corrected chi connectivity index (χ4v) is 4.76. The van der Waals surface area contributed by atoms with E-state index in [1.807, 2.05) is 46.2 Å². The molecule has 1 aliphatic carbocycles. The Morgan fingerprint density at radius 1 is 1.00 bits per heavy atom. The van der Waals surface area contributed by atoms with Gasteiger partial charge in [0, 0.05) is 38.1 Å². The van der Waals surface area contributed by atoms with Gasteiger partial charge in [0.2, 0.25) is 11.8 Å². The lowest BCUT2D eigenvalue weighted by Crippen LogP contribution is -2.55. The van der Waals surface area contributed by atoms with Crippen LogP contribution < -0.4 is 4.74 Å². The summed E-state index contributed by atoms with van der Waals surface area (Å²) in [5.41, 5.74) is 1.37. The molecule has 2 aromatic rings. The summed E-state index contributed by atoms with van der Waals surface area (Å²) >= 11 is 0. The number of methoxy groups -OCH3 is 1. The predicted octanol–water partition coefficient (Wildman–Crippen LogP) is 2.82. The number of carbonyl (C=O) groups is 2. The van der Waals surface area contributed by atoms with E-state index in [9.17, 15) is 9.59 Å². The highest BCUT2D eigenvalue weighted by Crippen LogP contribution is 2.43. The first-order valence-corrected chi connectivity index (χ1v) is 10.7. The number of hydrogen-bond acceptors (Lipinski definition) is 4. The van der Waals surface area contributed by atoms with Gasteiger partial charge in [0.1, 0.15) is 5.75 Å². The minimum Gasteiger partial charge on any atom is -0.497 e. The lowest BCUT2D eigenvalue weighted by Gasteiger charge is -2.40. The lowest BCUT2D eigenvalue weighted by atomic mass is 9.77. The van der Waals surface area contributed by atoms with Crippen LogP contribution in [0.2, 0.25) is 0 Å². The van der Waals surface area contributed by atoms with E-state index in [0.29, 0.717) is 32.6 Å². The van der Waals surface area contributed by atoms with Crippen molar-refractivity contribution in [3.05, 3.63) is 59.9 Å². The van der Waals surface area contributed by atoms with Crippen LogP contribution >= 0.6 is 0 Å². The molecular weight excluding hydrogens is 378 g/mol. The number of carbonyl (C=O) groups excluding carboxylic acids is 2. The van der Waals surface area contributed by atoms with E-state index in [-0.39, 0.29) is 11.8 Å². The zero-order valence-electron chi connectivity index (χ0n) is 17.5. The molecule has 0 atom stereocenters. The van der Waals surface area contributed by atoms with Gasteiger partial charge >= 0.3 is 0 Å². The Morgan fingerprint density at radius 2 is 1.73 bits per heavy atom. The average Bonchev–Trinajstić information content (AvgIpc) is 3.31. The number of hydrogen-bond donors (Lipinski definition) is 0. The molecule has 158 valence electrons. The molecular formula is C24H29N3O3. The fraction of sp³-hybridized carbons (Fsp3) is 0.458. The van der Waals surface area contributed by atoms with Crippen LogP contribution in [0.5, 0.6) is 5.75 Å². The van der Waals surface area contributed by atoms with Crippen molar-refractivity contribution in [1.29, 1.82) is 0 Å². The number of piperazine rings is 1. The van der Waals surface area contributed by atoms with Gasteiger partial charge in [0.15, 0.2) is 0 Å². The van der Waals surface area contributed by atoms with Crippen LogP contribution in [-0.2, 0) is 21.4 Å². The molecule has 6 nitrogen and oxygen atoms in total. The van der Waals surface area contributed by atoms with E-state index in [1.54, 1.807) is 13.3 Å². The molecule has 2 amide bonds. The summed E-state index contributed by atoms with van der Waals surface area (Å²) in [7, 11) is 1.66. The third-order valence-corrected chi connectivity index (χ3v) is 6.47. The first-order valence-electron chi connectivity index (χ1n) is 10.7. The minimum atomic E-state index is -0.464. The summed E-state index contributed by atoms with van der Waals surface area (Å²) in [4.78, 5) is 34.3. The third-order valence-electron chi connectivity index (χ3n) is 6.47. The third kappa shape index (κ3) is 4.04. The first kappa shape index (κ1) is 20.4. The van der Waals surface area contributed by atoms with Crippen LogP contribution in [-0.4, -0.2) is 59.9 Å². The standard InChI is InChI=1S/C24H29N3O3/c1-30-21-9-6-7-19(17-21)24(10-3-4-11-24)23(29)27-15-13-26(14-16-27)22(28)18-20-8-2-5-12-25-20/h2,5-9,12,17H,3-4,10-11,13-16,18H2,1H3. The Morgan fingerprint density at radius 3 is 2.40 bits per heavy atom. The molecule has 2 heterocycles. The Hall–Kier alpha value is -2.89. The van der Waals surface area contributed by atoms with Crippen LogP contribution in [0.15, 0.2) is 48.7 Å². The quantitative estimate of drug-likeness (QED) is 0.765. The maximum absolute atomic E-state index is 13.7. The molecule has 4 rings (SSSR count). The number of rotatable bonds is 5. The van der Waals surface area contributed by atoms with Gasteiger partial charge in [-0.15, -0.1) is 0 Å². The van der Waals surface area contributed by atoms with Gasteiger partial charge in [-0.2, -0.15) is 0 Å². The van der Waals surface area contributed by atoms with Gasteiger partial charge in [-0.05, 0) is 42.7 Å². The number of pyridine rings is 1. The summed E-state index contributed by atoms with van der Waals surface area (Å²) in [6.45, 7) is 2.31. The monoisotopic (exact) mass is 407 g/mol. The molecule has 1 saturated carbocycles. The lowest BCUT2D eigenvalue weighted by molar-refractivity contribution is -0.143. The van der Waals surface area contributed by atoms with Crippen molar-refractivity contribution >= 4 is 11.8 Å². The van der Waals surface area contributed by atoms with Crippen molar-refractivity contribution < 1.29 is 14.3 Å². The summed E-state index contributed by atoms with van der Waals surface area (Å²) < 4.78 is 5.40. The fourth-order valence-electron chi connectivity index (χ4n) is 4.76. The van der Waals surface area contributed by atoms with Gasteiger partial charge < -0.3 is 14.5 Å². The Kier molecular flexibility index (Phi) is 6.02. The maximum atomic E-state index is 13.7. The second-order valence-electron chi connectivity index (χ2n) is 8.19. The molecule has 2 aliphatic rings. The molecule has 1 aliphatic heterocycles. The molecule has 0 unspecified atom stereocenters. The normalized spacial score (nSPS) is 18.3. The smallest absolute Gasteiger partial charge is 0.233 e. The molecule has 30 heavy (non-hydrogen) atoms. The summed E-state index contributed by atoms with van der Waals surface area (Å²) in [5.74, 6) is 1.06. The van der Waals surface area contributed by atoms with E-state index in [2.05, 4.69) is 11.1 Å². The van der Waals surface area contributed by atoms with Crippen LogP contribution in [0.3, 0.4) is 0 Å². The van der Waals surface area contributed by atoms with E-state index in [4.69, 9.17) is 4.74 Å². The molecule has 1 aromatic carbocycles. The largest absolute Gasteiger partial charge is 0.497 e.